The van der Waals surface area contributed by atoms with Crippen molar-refractivity contribution in [3.8, 4) is 5.75 Å². The number of nitrogens with one attached hydrogen (secondary N) is 2. The van der Waals surface area contributed by atoms with E-state index in [9.17, 15) is 23.7 Å². The minimum absolute atomic E-state index is 0.00338. The number of hydrogen-bond acceptors (Lipinski definition) is 11. The number of nitrogens with zero attached hydrogens (tertiary/aromatic N) is 4. The Balaban J connectivity index is 0.952. The number of pyridine rings is 1. The number of hydrogen-bond donors (Lipinski definition) is 2. The Bertz CT molecular complexity index is 2430. The van der Waals surface area contributed by atoms with Crippen molar-refractivity contribution in [3.05, 3.63) is 95.1 Å². The van der Waals surface area contributed by atoms with E-state index in [0.29, 0.717) is 60.4 Å². The van der Waals surface area contributed by atoms with Crippen molar-refractivity contribution < 1.29 is 42.1 Å². The average Bonchev–Trinajstić information content (AvgIpc) is 3.58. The third-order valence-electron chi connectivity index (χ3n) is 13.8. The number of morpholine rings is 1. The summed E-state index contributed by atoms with van der Waals surface area (Å²) in [6.45, 7) is 8.25. The van der Waals surface area contributed by atoms with Crippen LogP contribution in [0.4, 0.5) is 4.39 Å². The Hall–Kier alpha value is -4.73. The molecule has 4 saturated heterocycles. The molecule has 8 atom stereocenters. The molecule has 4 aromatic rings. The fraction of sp³-hybridized carbons (Fsp3) is 0.521. The van der Waals surface area contributed by atoms with Gasteiger partial charge in [0.15, 0.2) is 0 Å². The quantitative estimate of drug-likeness (QED) is 0.102. The van der Waals surface area contributed by atoms with Crippen LogP contribution in [0.25, 0.3) is 10.1 Å². The van der Waals surface area contributed by atoms with Gasteiger partial charge in [-0.25, -0.2) is 9.48 Å². The lowest BCUT2D eigenvalue weighted by Gasteiger charge is -2.42. The molecule has 2 aromatic heterocycles. The molecule has 346 valence electrons. The largest absolute Gasteiger partial charge is 0.462 e. The van der Waals surface area contributed by atoms with Crippen molar-refractivity contribution in [2.24, 2.45) is 0 Å². The highest BCUT2D eigenvalue weighted by molar-refractivity contribution is 7.57. The van der Waals surface area contributed by atoms with Crippen LogP contribution in [0.3, 0.4) is 0 Å². The second-order valence-corrected chi connectivity index (χ2v) is 21.7. The zero-order valence-electron chi connectivity index (χ0n) is 37.1. The number of thiophene rings is 1. The molecule has 4 aliphatic heterocycles. The average molecular weight is 929 g/mol. The van der Waals surface area contributed by atoms with E-state index in [2.05, 4.69) is 31.3 Å². The smallest absolute Gasteiger partial charge is 0.355 e. The Kier molecular flexibility index (Phi) is 13.2. The van der Waals surface area contributed by atoms with Gasteiger partial charge in [0.05, 0.1) is 24.2 Å². The maximum atomic E-state index is 16.7. The van der Waals surface area contributed by atoms with Crippen LogP contribution < -0.4 is 14.9 Å². The molecule has 2 N–H and O–H groups in total. The van der Waals surface area contributed by atoms with E-state index in [4.69, 9.17) is 14.0 Å². The van der Waals surface area contributed by atoms with Gasteiger partial charge in [0.1, 0.15) is 23.9 Å². The topological polar surface area (TPSA) is 160 Å². The van der Waals surface area contributed by atoms with E-state index in [1.807, 2.05) is 17.2 Å². The van der Waals surface area contributed by atoms with E-state index >= 15 is 4.39 Å². The van der Waals surface area contributed by atoms with Gasteiger partial charge in [-0.2, -0.15) is 0 Å². The van der Waals surface area contributed by atoms with Crippen molar-refractivity contribution in [1.82, 2.24) is 30.1 Å². The minimum Gasteiger partial charge on any atom is -0.462 e. The number of halogens is 1. The van der Waals surface area contributed by atoms with Gasteiger partial charge in [-0.05, 0) is 125 Å². The lowest BCUT2D eigenvalue weighted by molar-refractivity contribution is -0.149. The predicted molar refractivity (Wildman–Crippen MR) is 244 cm³/mol. The lowest BCUT2D eigenvalue weighted by atomic mass is 9.93. The van der Waals surface area contributed by atoms with Crippen molar-refractivity contribution in [2.75, 3.05) is 32.8 Å². The maximum absolute atomic E-state index is 16.7. The molecule has 2 aromatic carbocycles. The zero-order chi connectivity index (χ0) is 45.5. The molecule has 17 heteroatoms. The lowest BCUT2D eigenvalue weighted by Crippen LogP contribution is -2.59. The number of likely N-dealkylation sites (tertiary alicyclic amines) is 1. The molecule has 5 aliphatic rings. The standard InChI is InChI=1S/C48H58FN6O8PS/c1-30(2)62-47(59)31(3)52-64(60,63-38-9-5-4-6-10-38)43(49)32-11-16-41-34(24-32)25-42(65-41)44(56)51-39-14-12-36(53-20-22-61-23-21-53)26-37-13-15-40(55(37)45(39)57)46(58)54-29-35(27-48(54)17-18-48)33-8-7-19-50-28-33/h4-11,16,19,24-25,28,30-31,35-37,39-40,43H,12-15,17-18,20-23,26-27,29H2,1-3H3,(H,51,56)(H,52,60)/t31-,35-,36-,37+,39-,40-,43+,64-/m0/s1. The Morgan fingerprint density at radius 3 is 2.46 bits per heavy atom. The minimum atomic E-state index is -4.48. The van der Waals surface area contributed by atoms with E-state index in [0.717, 1.165) is 44.3 Å². The molecule has 1 spiro atoms. The fourth-order valence-electron chi connectivity index (χ4n) is 10.4. The Morgan fingerprint density at radius 1 is 0.969 bits per heavy atom. The molecule has 14 nitrogen and oxygen atoms in total. The first-order valence-corrected chi connectivity index (χ1v) is 25.5. The predicted octanol–water partition coefficient (Wildman–Crippen LogP) is 7.36. The molecule has 1 saturated carbocycles. The third-order valence-corrected chi connectivity index (χ3v) is 17.0. The van der Waals surface area contributed by atoms with Crippen LogP contribution in [0.1, 0.15) is 105 Å². The number of benzene rings is 2. The van der Waals surface area contributed by atoms with Crippen LogP contribution in [0.15, 0.2) is 79.1 Å². The number of rotatable bonds is 13. The Labute approximate surface area is 383 Å². The van der Waals surface area contributed by atoms with Crippen molar-refractivity contribution in [3.63, 3.8) is 0 Å². The summed E-state index contributed by atoms with van der Waals surface area (Å²) in [6.07, 6.45) is 9.15. The normalized spacial score (nSPS) is 26.2. The molecular formula is C48H58FN6O8PS. The SMILES string of the molecule is CC(C)OC(=O)[C@H](C)N[P@@](=O)(Oc1ccccc1)[C@@H](F)c1ccc2sc(C(=O)N[C@H]3CC[C@H](N4CCOCC4)C[C@H]4CC[C@@H](C(=O)N5C[C@@H](c6cccnc6)CC56CC6)N4C3=O)cc2c1. The summed E-state index contributed by atoms with van der Waals surface area (Å²) in [4.78, 5) is 67.7. The number of para-hydroxylation sites is 1. The van der Waals surface area contributed by atoms with Gasteiger partial charge in [-0.15, -0.1) is 11.3 Å². The van der Waals surface area contributed by atoms with Gasteiger partial charge in [-0.1, -0.05) is 30.3 Å². The third kappa shape index (κ3) is 9.60. The summed E-state index contributed by atoms with van der Waals surface area (Å²) in [7, 11) is -4.48. The molecule has 6 heterocycles. The summed E-state index contributed by atoms with van der Waals surface area (Å²) in [5, 5.41) is 6.22. The summed E-state index contributed by atoms with van der Waals surface area (Å²) >= 11 is 1.20. The Morgan fingerprint density at radius 2 is 1.74 bits per heavy atom. The van der Waals surface area contributed by atoms with E-state index in [1.165, 1.54) is 30.4 Å². The van der Waals surface area contributed by atoms with Gasteiger partial charge >= 0.3 is 13.5 Å². The van der Waals surface area contributed by atoms with E-state index in [-0.39, 0.29) is 46.7 Å². The molecule has 0 bridgehead atoms. The molecule has 5 fully saturated rings. The van der Waals surface area contributed by atoms with Crippen LogP contribution in [-0.2, 0) is 28.4 Å². The second kappa shape index (κ2) is 18.9. The zero-order valence-corrected chi connectivity index (χ0v) is 38.8. The molecule has 9 rings (SSSR count). The first kappa shape index (κ1) is 45.4. The van der Waals surface area contributed by atoms with Crippen molar-refractivity contribution in [2.45, 2.75) is 126 Å². The van der Waals surface area contributed by atoms with E-state index < -0.39 is 49.5 Å². The first-order valence-electron chi connectivity index (χ1n) is 23.0. The van der Waals surface area contributed by atoms with Crippen LogP contribution >= 0.6 is 18.9 Å². The number of ether oxygens (including phenoxy) is 2. The molecule has 3 amide bonds. The number of alkyl halides is 1. The van der Waals surface area contributed by atoms with Gasteiger partial charge in [0.25, 0.3) is 5.91 Å². The number of esters is 1. The van der Waals surface area contributed by atoms with Crippen molar-refractivity contribution in [1.29, 1.82) is 0 Å². The maximum Gasteiger partial charge on any atom is 0.355 e. The van der Waals surface area contributed by atoms with E-state index in [1.54, 1.807) is 62.5 Å². The van der Waals surface area contributed by atoms with Gasteiger partial charge < -0.3 is 29.1 Å². The summed E-state index contributed by atoms with van der Waals surface area (Å²) < 4.78 is 48.6. The summed E-state index contributed by atoms with van der Waals surface area (Å²) in [5.74, 6) is -3.24. The number of aromatic nitrogens is 1. The second-order valence-electron chi connectivity index (χ2n) is 18.6. The highest BCUT2D eigenvalue weighted by Gasteiger charge is 2.59. The highest BCUT2D eigenvalue weighted by Crippen LogP contribution is 2.58. The van der Waals surface area contributed by atoms with Crippen LogP contribution in [0.5, 0.6) is 5.75 Å². The molecule has 1 aliphatic carbocycles. The van der Waals surface area contributed by atoms with Crippen LogP contribution in [-0.4, -0.2) is 118 Å². The highest BCUT2D eigenvalue weighted by atomic mass is 32.1. The molecule has 65 heavy (non-hydrogen) atoms. The summed E-state index contributed by atoms with van der Waals surface area (Å²) in [5.41, 5.74) is 0.969. The van der Waals surface area contributed by atoms with Crippen LogP contribution in [0.2, 0.25) is 0 Å². The molecule has 0 unspecified atom stereocenters. The molecule has 0 radical (unpaired) electrons. The number of fused-ring (bicyclic) bond motifs is 2. The van der Waals surface area contributed by atoms with Crippen LogP contribution in [0, 0.1) is 0 Å². The van der Waals surface area contributed by atoms with Gasteiger partial charge in [-0.3, -0.25) is 33.6 Å². The number of carbonyl (C=O) groups is 4. The van der Waals surface area contributed by atoms with Gasteiger partial charge in [0, 0.05) is 60.3 Å². The number of amides is 3. The first-order chi connectivity index (χ1) is 31.3. The monoisotopic (exact) mass is 928 g/mol. The van der Waals surface area contributed by atoms with Crippen molar-refractivity contribution >= 4 is 52.6 Å². The summed E-state index contributed by atoms with van der Waals surface area (Å²) in [6, 6.07) is 15.9. The fourth-order valence-corrected chi connectivity index (χ4v) is 13.2. The number of carbonyl (C=O) groups excluding carboxylic acids is 4. The van der Waals surface area contributed by atoms with Gasteiger partial charge in [0.2, 0.25) is 17.7 Å². The molecular weight excluding hydrogens is 871 g/mol.